The lowest BCUT2D eigenvalue weighted by Gasteiger charge is -2.32. The van der Waals surface area contributed by atoms with Gasteiger partial charge in [0.25, 0.3) is 5.91 Å². The van der Waals surface area contributed by atoms with Crippen molar-refractivity contribution in [2.45, 2.75) is 84.1 Å². The molecule has 1 saturated heterocycles. The van der Waals surface area contributed by atoms with Gasteiger partial charge in [0.2, 0.25) is 5.91 Å². The Morgan fingerprint density at radius 1 is 0.921 bits per heavy atom. The Bertz CT molecular complexity index is 978. The number of nitrogens with zero attached hydrogens (tertiary/aromatic N) is 3. The van der Waals surface area contributed by atoms with Crippen LogP contribution in [0.15, 0.2) is 73.2 Å². The van der Waals surface area contributed by atoms with E-state index in [1.54, 1.807) is 6.20 Å². The van der Waals surface area contributed by atoms with Crippen LogP contribution in [0, 0.1) is 6.92 Å². The molecule has 0 spiro atoms. The van der Waals surface area contributed by atoms with E-state index in [2.05, 4.69) is 78.0 Å². The van der Waals surface area contributed by atoms with Crippen LogP contribution in [0.3, 0.4) is 0 Å². The number of hydrogen-bond donors (Lipinski definition) is 1. The number of aromatic nitrogens is 2. The summed E-state index contributed by atoms with van der Waals surface area (Å²) in [4.78, 5) is 31.4. The number of carbonyl (C=O) groups excluding carboxylic acids is 2. The molecule has 38 heavy (non-hydrogen) atoms. The Balaban J connectivity index is 1.51. The fourth-order valence-electron chi connectivity index (χ4n) is 4.31. The monoisotopic (exact) mass is 519 g/mol. The fraction of sp³-hybridized carbons (Fsp3) is 0.500. The smallest absolute Gasteiger partial charge is 0.276 e. The van der Waals surface area contributed by atoms with Crippen molar-refractivity contribution in [2.24, 2.45) is 7.05 Å². The molecule has 0 bridgehead atoms. The molecule has 0 unspecified atom stereocenters. The topological polar surface area (TPSA) is 66.2 Å². The van der Waals surface area contributed by atoms with Gasteiger partial charge in [0, 0.05) is 25.6 Å². The number of likely N-dealkylation sites (tertiary alicyclic amines) is 1. The zero-order valence-corrected chi connectivity index (χ0v) is 23.6. The van der Waals surface area contributed by atoms with Crippen LogP contribution in [0.2, 0.25) is 0 Å². The van der Waals surface area contributed by atoms with E-state index in [0.29, 0.717) is 25.2 Å². The number of carbonyl (C=O) groups is 2. The van der Waals surface area contributed by atoms with Gasteiger partial charge in [0.15, 0.2) is 18.1 Å². The minimum Gasteiger partial charge on any atom is -0.348 e. The second-order valence-electron chi connectivity index (χ2n) is 9.79. The van der Waals surface area contributed by atoms with Gasteiger partial charge in [-0.1, -0.05) is 67.7 Å². The molecule has 0 radical (unpaired) electrons. The zero-order chi connectivity index (χ0) is 27.4. The van der Waals surface area contributed by atoms with Crippen LogP contribution in [0.25, 0.3) is 0 Å². The van der Waals surface area contributed by atoms with Crippen molar-refractivity contribution in [1.29, 1.82) is 0 Å². The molecular formula is C32H47N4O2+. The van der Waals surface area contributed by atoms with Gasteiger partial charge >= 0.3 is 0 Å². The Kier molecular flexibility index (Phi) is 15.4. The molecule has 1 fully saturated rings. The van der Waals surface area contributed by atoms with Crippen molar-refractivity contribution >= 4 is 11.8 Å². The van der Waals surface area contributed by atoms with E-state index in [4.69, 9.17) is 0 Å². The molecule has 2 rings (SSSR count). The second kappa shape index (κ2) is 18.9. The molecule has 0 aromatic carbocycles. The first-order valence-corrected chi connectivity index (χ1v) is 14.2. The maximum absolute atomic E-state index is 12.6. The molecule has 0 saturated carbocycles. The van der Waals surface area contributed by atoms with E-state index in [1.165, 1.54) is 0 Å². The summed E-state index contributed by atoms with van der Waals surface area (Å²) in [5.74, 6) is 0.0700. The molecule has 1 aromatic heterocycles. The molecule has 1 aromatic rings. The van der Waals surface area contributed by atoms with Crippen LogP contribution in [0.4, 0.5) is 0 Å². The Morgan fingerprint density at radius 2 is 1.47 bits per heavy atom. The van der Waals surface area contributed by atoms with Gasteiger partial charge in [-0.25, -0.2) is 9.55 Å². The average Bonchev–Trinajstić information content (AvgIpc) is 2.90. The Labute approximate surface area is 229 Å². The molecule has 206 valence electrons. The van der Waals surface area contributed by atoms with Gasteiger partial charge in [-0.3, -0.25) is 9.59 Å². The molecule has 2 heterocycles. The summed E-state index contributed by atoms with van der Waals surface area (Å²) in [5, 5.41) is 3.08. The Hall–Kier alpha value is -3.28. The molecular weight excluding hydrogens is 472 g/mol. The van der Waals surface area contributed by atoms with E-state index < -0.39 is 0 Å². The maximum Gasteiger partial charge on any atom is 0.276 e. The summed E-state index contributed by atoms with van der Waals surface area (Å²) in [6.07, 6.45) is 34.5. The van der Waals surface area contributed by atoms with E-state index in [-0.39, 0.29) is 17.9 Å². The van der Waals surface area contributed by atoms with Crippen LogP contribution >= 0.6 is 0 Å². The number of nitrogens with one attached hydrogen (secondary N) is 1. The number of allylic oxidation sites excluding steroid dienone is 10. The van der Waals surface area contributed by atoms with Gasteiger partial charge in [-0.2, -0.15) is 0 Å². The van der Waals surface area contributed by atoms with Crippen LogP contribution < -0.4 is 9.88 Å². The summed E-state index contributed by atoms with van der Waals surface area (Å²) < 4.78 is 1.85. The SMILES string of the molecule is CC/C=C\C/C=C\C/C=C\C/C=C\C/C=C\CCCC(=O)N1CCC(NC(=O)c2c[n+](C)cc(C)n2)CC1. The van der Waals surface area contributed by atoms with Crippen LogP contribution in [0.1, 0.15) is 87.3 Å². The van der Waals surface area contributed by atoms with Crippen molar-refractivity contribution in [3.8, 4) is 0 Å². The summed E-state index contributed by atoms with van der Waals surface area (Å²) in [6, 6.07) is 0.0838. The van der Waals surface area contributed by atoms with Gasteiger partial charge in [0.1, 0.15) is 12.7 Å². The highest BCUT2D eigenvalue weighted by Crippen LogP contribution is 2.13. The van der Waals surface area contributed by atoms with Crippen molar-refractivity contribution in [2.75, 3.05) is 13.1 Å². The number of amides is 2. The first-order valence-electron chi connectivity index (χ1n) is 14.2. The minimum atomic E-state index is -0.147. The van der Waals surface area contributed by atoms with Gasteiger partial charge in [-0.15, -0.1) is 0 Å². The number of unbranched alkanes of at least 4 members (excludes halogenated alkanes) is 1. The maximum atomic E-state index is 12.6. The normalized spacial score (nSPS) is 15.2. The standard InChI is InChI=1S/C32H46N4O2/c1-4-5-6-7-8-9-10-11-12-13-14-15-16-17-18-19-20-21-31(37)36-24-22-29(23-25-36)34-32(38)30-27-35(3)26-28(2)33-30/h5-6,8-9,11-12,14-15,17-18,26-27,29H,4,7,10,13,16,19-25H2,1-3H3/p+1/b6-5-,9-8-,12-11-,15-14-,18-17-. The Morgan fingerprint density at radius 3 is 2.03 bits per heavy atom. The summed E-state index contributed by atoms with van der Waals surface area (Å²) in [5.41, 5.74) is 1.24. The molecule has 1 aliphatic rings. The third-order valence-corrected chi connectivity index (χ3v) is 6.35. The highest BCUT2D eigenvalue weighted by atomic mass is 16.2. The van der Waals surface area contributed by atoms with E-state index in [9.17, 15) is 9.59 Å². The number of rotatable bonds is 15. The van der Waals surface area contributed by atoms with Crippen LogP contribution in [-0.2, 0) is 11.8 Å². The molecule has 0 aliphatic carbocycles. The third-order valence-electron chi connectivity index (χ3n) is 6.35. The van der Waals surface area contributed by atoms with E-state index >= 15 is 0 Å². The lowest BCUT2D eigenvalue weighted by molar-refractivity contribution is -0.672. The van der Waals surface area contributed by atoms with Gasteiger partial charge < -0.3 is 10.2 Å². The first-order chi connectivity index (χ1) is 18.5. The molecule has 0 atom stereocenters. The zero-order valence-electron chi connectivity index (χ0n) is 23.6. The number of hydrogen-bond acceptors (Lipinski definition) is 3. The van der Waals surface area contributed by atoms with Crippen molar-refractivity contribution in [3.05, 3.63) is 84.5 Å². The van der Waals surface area contributed by atoms with Crippen LogP contribution in [0.5, 0.6) is 0 Å². The van der Waals surface area contributed by atoms with E-state index in [1.807, 2.05) is 29.6 Å². The van der Waals surface area contributed by atoms with Gasteiger partial charge in [-0.05, 0) is 64.7 Å². The summed E-state index contributed by atoms with van der Waals surface area (Å²) in [6.45, 7) is 5.42. The predicted octanol–water partition coefficient (Wildman–Crippen LogP) is 5.86. The highest BCUT2D eigenvalue weighted by molar-refractivity contribution is 5.92. The molecule has 1 N–H and O–H groups in total. The summed E-state index contributed by atoms with van der Waals surface area (Å²) in [7, 11) is 1.89. The quantitative estimate of drug-likeness (QED) is 0.179. The molecule has 6 nitrogen and oxygen atoms in total. The minimum absolute atomic E-state index is 0.0838. The molecule has 1 aliphatic heterocycles. The molecule has 6 heteroatoms. The van der Waals surface area contributed by atoms with E-state index in [0.717, 1.165) is 63.5 Å². The number of piperidine rings is 1. The van der Waals surface area contributed by atoms with Crippen molar-refractivity contribution in [3.63, 3.8) is 0 Å². The summed E-state index contributed by atoms with van der Waals surface area (Å²) >= 11 is 0. The number of aryl methyl sites for hydroxylation is 2. The lowest BCUT2D eigenvalue weighted by Crippen LogP contribution is -2.47. The predicted molar refractivity (Wildman–Crippen MR) is 156 cm³/mol. The fourth-order valence-corrected chi connectivity index (χ4v) is 4.31. The average molecular weight is 520 g/mol. The van der Waals surface area contributed by atoms with Crippen molar-refractivity contribution in [1.82, 2.24) is 15.2 Å². The first kappa shape index (κ1) is 30.9. The third kappa shape index (κ3) is 13.3. The van der Waals surface area contributed by atoms with Crippen molar-refractivity contribution < 1.29 is 14.2 Å². The lowest BCUT2D eigenvalue weighted by atomic mass is 10.0. The largest absolute Gasteiger partial charge is 0.348 e. The highest BCUT2D eigenvalue weighted by Gasteiger charge is 2.24. The molecule has 2 amide bonds. The second-order valence-corrected chi connectivity index (χ2v) is 9.79. The van der Waals surface area contributed by atoms with Gasteiger partial charge in [0.05, 0.1) is 0 Å². The van der Waals surface area contributed by atoms with Crippen LogP contribution in [-0.4, -0.2) is 40.8 Å².